The fourth-order valence-corrected chi connectivity index (χ4v) is 4.52. The molecule has 0 aliphatic carbocycles. The average molecular weight is 469 g/mol. The summed E-state index contributed by atoms with van der Waals surface area (Å²) in [6.07, 6.45) is -4.78. The van der Waals surface area contributed by atoms with Crippen molar-refractivity contribution in [3.63, 3.8) is 0 Å². The predicted octanol–water partition coefficient (Wildman–Crippen LogP) is 3.22. The molecule has 8 nitrogen and oxygen atoms in total. The monoisotopic (exact) mass is 469 g/mol. The molecule has 0 atom stereocenters. The maximum atomic E-state index is 13.4. The zero-order valence-electron chi connectivity index (χ0n) is 17.6. The van der Waals surface area contributed by atoms with Gasteiger partial charge in [0.1, 0.15) is 11.4 Å². The van der Waals surface area contributed by atoms with Gasteiger partial charge in [-0.15, -0.1) is 13.2 Å². The first kappa shape index (κ1) is 22.5. The van der Waals surface area contributed by atoms with Crippen LogP contribution >= 0.6 is 11.3 Å². The highest BCUT2D eigenvalue weighted by atomic mass is 32.1. The number of halogens is 3. The number of carbonyl (C=O) groups is 1. The summed E-state index contributed by atoms with van der Waals surface area (Å²) in [5, 5.41) is 4.65. The number of thiazole rings is 1. The van der Waals surface area contributed by atoms with Crippen LogP contribution in [0, 0.1) is 6.92 Å². The largest absolute Gasteiger partial charge is 0.573 e. The van der Waals surface area contributed by atoms with Crippen molar-refractivity contribution in [3.8, 4) is 5.75 Å². The van der Waals surface area contributed by atoms with Crippen molar-refractivity contribution in [2.75, 3.05) is 44.3 Å². The van der Waals surface area contributed by atoms with Crippen LogP contribution in [-0.2, 0) is 11.8 Å². The minimum Gasteiger partial charge on any atom is -0.406 e. The zero-order chi connectivity index (χ0) is 22.9. The number of ether oxygens (including phenoxy) is 2. The molecule has 32 heavy (non-hydrogen) atoms. The van der Waals surface area contributed by atoms with Gasteiger partial charge in [-0.3, -0.25) is 19.3 Å². The van der Waals surface area contributed by atoms with Crippen LogP contribution in [0.2, 0.25) is 0 Å². The van der Waals surface area contributed by atoms with Gasteiger partial charge in [0.25, 0.3) is 5.91 Å². The van der Waals surface area contributed by atoms with Crippen LogP contribution in [0.15, 0.2) is 24.3 Å². The number of aromatic nitrogens is 3. The molecule has 4 rings (SSSR count). The molecule has 0 bridgehead atoms. The summed E-state index contributed by atoms with van der Waals surface area (Å²) in [5.74, 6) is -0.596. The van der Waals surface area contributed by atoms with E-state index in [4.69, 9.17) is 4.74 Å². The maximum absolute atomic E-state index is 13.4. The van der Waals surface area contributed by atoms with E-state index in [1.165, 1.54) is 22.9 Å². The van der Waals surface area contributed by atoms with E-state index in [0.29, 0.717) is 53.0 Å². The number of alkyl halides is 3. The van der Waals surface area contributed by atoms with E-state index < -0.39 is 6.36 Å². The Labute approximate surface area is 186 Å². The Balaban J connectivity index is 1.64. The SMILES string of the molecule is Cc1cc(C(=O)N(CCN2CCOCC2)c2nc3ccc(OC(F)(F)F)cc3s2)n(C)n1. The number of amides is 1. The number of nitrogens with zero attached hydrogens (tertiary/aromatic N) is 5. The second-order valence-electron chi connectivity index (χ2n) is 7.38. The molecule has 0 saturated carbocycles. The van der Waals surface area contributed by atoms with E-state index in [2.05, 4.69) is 19.7 Å². The summed E-state index contributed by atoms with van der Waals surface area (Å²) in [5.41, 5.74) is 1.61. The molecule has 1 aliphatic rings. The van der Waals surface area contributed by atoms with Gasteiger partial charge in [-0.25, -0.2) is 4.98 Å². The van der Waals surface area contributed by atoms with E-state index in [-0.39, 0.29) is 11.7 Å². The molecule has 1 saturated heterocycles. The van der Waals surface area contributed by atoms with E-state index in [1.54, 1.807) is 24.9 Å². The molecule has 1 fully saturated rings. The Morgan fingerprint density at radius 3 is 2.69 bits per heavy atom. The lowest BCUT2D eigenvalue weighted by atomic mass is 10.3. The van der Waals surface area contributed by atoms with Gasteiger partial charge >= 0.3 is 6.36 Å². The van der Waals surface area contributed by atoms with Gasteiger partial charge in [-0.1, -0.05) is 11.3 Å². The van der Waals surface area contributed by atoms with Gasteiger partial charge in [0.2, 0.25) is 0 Å². The van der Waals surface area contributed by atoms with Crippen LogP contribution in [0.25, 0.3) is 10.2 Å². The lowest BCUT2D eigenvalue weighted by molar-refractivity contribution is -0.274. The molecule has 0 unspecified atom stereocenters. The number of hydrogen-bond donors (Lipinski definition) is 0. The van der Waals surface area contributed by atoms with Gasteiger partial charge in [-0.05, 0) is 25.1 Å². The maximum Gasteiger partial charge on any atom is 0.573 e. The molecular formula is C20H22F3N5O3S. The lowest BCUT2D eigenvalue weighted by Gasteiger charge is -2.29. The smallest absolute Gasteiger partial charge is 0.406 e. The quantitative estimate of drug-likeness (QED) is 0.552. The third kappa shape index (κ3) is 5.19. The third-order valence-corrected chi connectivity index (χ3v) is 6.06. The Morgan fingerprint density at radius 1 is 1.28 bits per heavy atom. The number of aryl methyl sites for hydroxylation is 2. The number of anilines is 1. The minimum absolute atomic E-state index is 0.271. The first-order valence-corrected chi connectivity index (χ1v) is 10.8. The fourth-order valence-electron chi connectivity index (χ4n) is 3.50. The Kier molecular flexibility index (Phi) is 6.35. The molecule has 1 amide bonds. The summed E-state index contributed by atoms with van der Waals surface area (Å²) in [4.78, 5) is 21.7. The molecular weight excluding hydrogens is 447 g/mol. The van der Waals surface area contributed by atoms with Crippen LogP contribution in [0.4, 0.5) is 18.3 Å². The number of hydrogen-bond acceptors (Lipinski definition) is 7. The van der Waals surface area contributed by atoms with E-state index in [1.807, 2.05) is 0 Å². The summed E-state index contributed by atoms with van der Waals surface area (Å²) >= 11 is 1.14. The summed E-state index contributed by atoms with van der Waals surface area (Å²) in [6, 6.07) is 5.65. The van der Waals surface area contributed by atoms with Gasteiger partial charge in [0.05, 0.1) is 29.1 Å². The van der Waals surface area contributed by atoms with Gasteiger partial charge in [-0.2, -0.15) is 5.10 Å². The Hall–Kier alpha value is -2.70. The molecule has 1 aromatic carbocycles. The van der Waals surface area contributed by atoms with Crippen molar-refractivity contribution in [1.82, 2.24) is 19.7 Å². The molecule has 0 spiro atoms. The number of carbonyl (C=O) groups excluding carboxylic acids is 1. The van der Waals surface area contributed by atoms with Crippen molar-refractivity contribution in [2.45, 2.75) is 13.3 Å². The molecule has 1 aliphatic heterocycles. The summed E-state index contributed by atoms with van der Waals surface area (Å²) in [6.45, 7) is 5.60. The normalized spacial score (nSPS) is 15.3. The summed E-state index contributed by atoms with van der Waals surface area (Å²) in [7, 11) is 1.69. The minimum atomic E-state index is -4.78. The van der Waals surface area contributed by atoms with Crippen molar-refractivity contribution < 1.29 is 27.4 Å². The molecule has 3 aromatic rings. The highest BCUT2D eigenvalue weighted by Gasteiger charge is 2.31. The average Bonchev–Trinajstić information content (AvgIpc) is 3.29. The van der Waals surface area contributed by atoms with E-state index in [9.17, 15) is 18.0 Å². The van der Waals surface area contributed by atoms with Crippen molar-refractivity contribution in [2.24, 2.45) is 7.05 Å². The van der Waals surface area contributed by atoms with E-state index in [0.717, 1.165) is 24.4 Å². The van der Waals surface area contributed by atoms with Crippen LogP contribution in [0.5, 0.6) is 5.75 Å². The molecule has 3 heterocycles. The standard InChI is InChI=1S/C20H22F3N5O3S/c1-13-11-16(26(2)25-13)18(29)28(6-5-27-7-9-30-10-8-27)19-24-15-4-3-14(12-17(15)32-19)31-20(21,22)23/h3-4,11-12H,5-10H2,1-2H3. The highest BCUT2D eigenvalue weighted by Crippen LogP contribution is 2.33. The van der Waals surface area contributed by atoms with Crippen LogP contribution in [0.1, 0.15) is 16.2 Å². The molecule has 12 heteroatoms. The predicted molar refractivity (Wildman–Crippen MR) is 113 cm³/mol. The highest BCUT2D eigenvalue weighted by molar-refractivity contribution is 7.22. The Bertz CT molecular complexity index is 1110. The molecule has 2 aromatic heterocycles. The zero-order valence-corrected chi connectivity index (χ0v) is 18.4. The van der Waals surface area contributed by atoms with Crippen LogP contribution in [0.3, 0.4) is 0 Å². The number of benzene rings is 1. The summed E-state index contributed by atoms with van der Waals surface area (Å²) < 4.78 is 49.1. The third-order valence-electron chi connectivity index (χ3n) is 5.02. The van der Waals surface area contributed by atoms with Crippen molar-refractivity contribution >= 4 is 32.6 Å². The fraction of sp³-hybridized carbons (Fsp3) is 0.450. The van der Waals surface area contributed by atoms with Crippen LogP contribution in [-0.4, -0.2) is 71.3 Å². The second kappa shape index (κ2) is 9.04. The van der Waals surface area contributed by atoms with Crippen LogP contribution < -0.4 is 9.64 Å². The number of rotatable bonds is 6. The van der Waals surface area contributed by atoms with Gasteiger partial charge in [0, 0.05) is 39.3 Å². The van der Waals surface area contributed by atoms with Crippen molar-refractivity contribution in [1.29, 1.82) is 0 Å². The molecule has 0 N–H and O–H groups in total. The number of fused-ring (bicyclic) bond motifs is 1. The van der Waals surface area contributed by atoms with Crippen molar-refractivity contribution in [3.05, 3.63) is 35.7 Å². The first-order chi connectivity index (χ1) is 15.2. The first-order valence-electron chi connectivity index (χ1n) is 9.98. The lowest BCUT2D eigenvalue weighted by Crippen LogP contribution is -2.43. The molecule has 172 valence electrons. The second-order valence-corrected chi connectivity index (χ2v) is 8.39. The van der Waals surface area contributed by atoms with Gasteiger partial charge < -0.3 is 9.47 Å². The topological polar surface area (TPSA) is 72.7 Å². The number of morpholine rings is 1. The molecule has 0 radical (unpaired) electrons. The Morgan fingerprint density at radius 2 is 2.03 bits per heavy atom. The van der Waals surface area contributed by atoms with Gasteiger partial charge in [0.15, 0.2) is 5.13 Å². The van der Waals surface area contributed by atoms with E-state index >= 15 is 0 Å².